The molecule has 7 N–H and O–H groups in total. The van der Waals surface area contributed by atoms with E-state index in [2.05, 4.69) is 20.5 Å². The molecule has 0 saturated carbocycles. The van der Waals surface area contributed by atoms with Crippen molar-refractivity contribution in [3.8, 4) is 0 Å². The number of carbonyl (C=O) groups is 2. The van der Waals surface area contributed by atoms with E-state index >= 15 is 0 Å². The Kier molecular flexibility index (Phi) is 9.74. The van der Waals surface area contributed by atoms with Gasteiger partial charge < -0.3 is 20.9 Å². The van der Waals surface area contributed by atoms with Crippen molar-refractivity contribution in [1.82, 2.24) is 15.4 Å². The van der Waals surface area contributed by atoms with Crippen LogP contribution in [0.2, 0.25) is 0 Å². The summed E-state index contributed by atoms with van der Waals surface area (Å²) in [6, 6.07) is 11.7. The van der Waals surface area contributed by atoms with E-state index in [0.717, 1.165) is 22.0 Å². The second-order valence-corrected chi connectivity index (χ2v) is 6.08. The van der Waals surface area contributed by atoms with Gasteiger partial charge in [-0.1, -0.05) is 30.3 Å². The number of nitrogens with one attached hydrogen (secondary N) is 3. The zero-order chi connectivity index (χ0) is 26.8. The molecule has 0 fully saturated rings. The van der Waals surface area contributed by atoms with Crippen LogP contribution in [0.5, 0.6) is 0 Å². The predicted octanol–water partition coefficient (Wildman–Crippen LogP) is 3.06. The molecule has 0 aliphatic heterocycles. The molecule has 188 valence electrons. The van der Waals surface area contributed by atoms with Crippen LogP contribution in [0.25, 0.3) is 10.9 Å². The summed E-state index contributed by atoms with van der Waals surface area (Å²) < 4.78 is 63.5. The number of hydrogen-bond acceptors (Lipinski definition) is 5. The first-order valence-electron chi connectivity index (χ1n) is 8.89. The second kappa shape index (κ2) is 12.0. The van der Waals surface area contributed by atoms with Gasteiger partial charge in [-0.2, -0.15) is 31.4 Å². The Hall–Kier alpha value is -4.63. The minimum Gasteiger partial charge on any atom is -0.475 e. The van der Waals surface area contributed by atoms with Gasteiger partial charge in [-0.05, 0) is 6.07 Å². The van der Waals surface area contributed by atoms with Crippen molar-refractivity contribution in [2.75, 3.05) is 0 Å². The number of halogens is 6. The van der Waals surface area contributed by atoms with Crippen LogP contribution in [0.15, 0.2) is 60.1 Å². The van der Waals surface area contributed by atoms with Gasteiger partial charge in [0.05, 0.1) is 11.7 Å². The molecule has 3 aromatic rings. The number of carboxylic acid groups (broad SMARTS) is 2. The number of nitrogens with zero attached hydrogens (tertiary/aromatic N) is 2. The molecule has 3 rings (SSSR count). The lowest BCUT2D eigenvalue weighted by atomic mass is 10.0. The molecule has 0 bridgehead atoms. The number of rotatable bonds is 3. The summed E-state index contributed by atoms with van der Waals surface area (Å²) in [5.41, 5.74) is 11.3. The van der Waals surface area contributed by atoms with Crippen molar-refractivity contribution in [1.29, 1.82) is 5.41 Å². The highest BCUT2D eigenvalue weighted by molar-refractivity contribution is 6.19. The van der Waals surface area contributed by atoms with Crippen LogP contribution in [0.1, 0.15) is 11.1 Å². The number of aromatic amines is 1. The molecule has 0 aliphatic rings. The number of aliphatic carboxylic acids is 2. The van der Waals surface area contributed by atoms with Crippen LogP contribution < -0.4 is 11.2 Å². The largest absolute Gasteiger partial charge is 0.490 e. The number of H-pyrrole nitrogens is 1. The van der Waals surface area contributed by atoms with Gasteiger partial charge in [-0.25, -0.2) is 15.0 Å². The molecule has 35 heavy (non-hydrogen) atoms. The standard InChI is InChI=1S/C15H14N6.2C2HF3O2/c16-15(17)21-20-14(10-4-2-1-3-5-10)12-8-19-13-9-18-7-6-11(12)13;2*3-2(4,5)1(6)7/h1-9,19H,(H4,16,17,21);2*(H,6,7). The first-order valence-corrected chi connectivity index (χ1v) is 8.89. The van der Waals surface area contributed by atoms with Crippen LogP contribution >= 0.6 is 0 Å². The number of carboxylic acids is 2. The van der Waals surface area contributed by atoms with Crippen LogP contribution in [0, 0.1) is 5.41 Å². The highest BCUT2D eigenvalue weighted by Crippen LogP contribution is 2.20. The minimum absolute atomic E-state index is 0.204. The number of hydrogen-bond donors (Lipinski definition) is 6. The first-order chi connectivity index (χ1) is 16.1. The third-order valence-electron chi connectivity index (χ3n) is 3.56. The molecule has 0 spiro atoms. The lowest BCUT2D eigenvalue weighted by Gasteiger charge is -2.06. The molecule has 10 nitrogen and oxygen atoms in total. The van der Waals surface area contributed by atoms with E-state index < -0.39 is 24.3 Å². The van der Waals surface area contributed by atoms with Gasteiger partial charge in [0.1, 0.15) is 5.71 Å². The molecular formula is C19H16F6N6O4. The lowest BCUT2D eigenvalue weighted by molar-refractivity contribution is -0.193. The number of nitrogens with two attached hydrogens (primary N) is 1. The first kappa shape index (κ1) is 28.4. The summed E-state index contributed by atoms with van der Waals surface area (Å²) >= 11 is 0. The van der Waals surface area contributed by atoms with Gasteiger partial charge in [0.25, 0.3) is 0 Å². The smallest absolute Gasteiger partial charge is 0.475 e. The molecule has 2 aromatic heterocycles. The van der Waals surface area contributed by atoms with Crippen LogP contribution in [0.3, 0.4) is 0 Å². The molecule has 0 atom stereocenters. The van der Waals surface area contributed by atoms with Crippen molar-refractivity contribution in [3.05, 3.63) is 66.1 Å². The van der Waals surface area contributed by atoms with Crippen molar-refractivity contribution < 1.29 is 46.1 Å². The molecule has 0 aliphatic carbocycles. The molecule has 1 aromatic carbocycles. The molecule has 0 unspecified atom stereocenters. The molecular weight excluding hydrogens is 490 g/mol. The van der Waals surface area contributed by atoms with Crippen molar-refractivity contribution in [3.63, 3.8) is 0 Å². The number of fused-ring (bicyclic) bond motifs is 1. The maximum Gasteiger partial charge on any atom is 0.490 e. The average Bonchev–Trinajstić information content (AvgIpc) is 3.18. The molecule has 0 saturated heterocycles. The van der Waals surface area contributed by atoms with Crippen LogP contribution in [-0.4, -0.2) is 56.1 Å². The molecule has 0 amide bonds. The number of alkyl halides is 6. The molecule has 2 heterocycles. The number of hydrazone groups is 1. The number of pyridine rings is 1. The quantitative estimate of drug-likeness (QED) is 0.137. The summed E-state index contributed by atoms with van der Waals surface area (Å²) in [6.07, 6.45) is -4.79. The fourth-order valence-electron chi connectivity index (χ4n) is 2.16. The maximum absolute atomic E-state index is 10.6. The average molecular weight is 506 g/mol. The van der Waals surface area contributed by atoms with E-state index in [1.165, 1.54) is 0 Å². The molecule has 16 heteroatoms. The number of guanidine groups is 1. The van der Waals surface area contributed by atoms with Gasteiger partial charge in [0, 0.05) is 28.9 Å². The van der Waals surface area contributed by atoms with Crippen molar-refractivity contribution in [2.24, 2.45) is 10.8 Å². The van der Waals surface area contributed by atoms with E-state index in [1.54, 1.807) is 12.4 Å². The Balaban J connectivity index is 0.000000362. The van der Waals surface area contributed by atoms with Crippen molar-refractivity contribution in [2.45, 2.75) is 12.4 Å². The normalized spacial score (nSPS) is 11.4. The monoisotopic (exact) mass is 506 g/mol. The van der Waals surface area contributed by atoms with Gasteiger partial charge in [-0.3, -0.25) is 10.4 Å². The van der Waals surface area contributed by atoms with E-state index in [0.29, 0.717) is 5.71 Å². The summed E-state index contributed by atoms with van der Waals surface area (Å²) in [5, 5.41) is 26.8. The Morgan fingerprint density at radius 3 is 1.97 bits per heavy atom. The maximum atomic E-state index is 10.6. The Bertz CT molecular complexity index is 1170. The fraction of sp³-hybridized carbons (Fsp3) is 0.105. The van der Waals surface area contributed by atoms with Crippen LogP contribution in [-0.2, 0) is 9.59 Å². The SMILES string of the molecule is N=C(N)NN=C(c1ccccc1)c1c[nH]c2cnccc12.O=C(O)C(F)(F)F.O=C(O)C(F)(F)F. The third kappa shape index (κ3) is 9.40. The highest BCUT2D eigenvalue weighted by atomic mass is 19.4. The predicted molar refractivity (Wildman–Crippen MR) is 111 cm³/mol. The fourth-order valence-corrected chi connectivity index (χ4v) is 2.16. The van der Waals surface area contributed by atoms with Gasteiger partial charge in [-0.15, -0.1) is 0 Å². The van der Waals surface area contributed by atoms with Gasteiger partial charge >= 0.3 is 24.3 Å². The summed E-state index contributed by atoms with van der Waals surface area (Å²) in [5.74, 6) is -5.72. The zero-order valence-electron chi connectivity index (χ0n) is 17.1. The van der Waals surface area contributed by atoms with Crippen molar-refractivity contribution >= 4 is 34.5 Å². The van der Waals surface area contributed by atoms with E-state index in [9.17, 15) is 26.3 Å². The second-order valence-electron chi connectivity index (χ2n) is 6.08. The molecule has 0 radical (unpaired) electrons. The summed E-state index contributed by atoms with van der Waals surface area (Å²) in [6.45, 7) is 0. The Morgan fingerprint density at radius 1 is 1.00 bits per heavy atom. The minimum atomic E-state index is -5.08. The zero-order valence-corrected chi connectivity index (χ0v) is 17.1. The van der Waals surface area contributed by atoms with Gasteiger partial charge in [0.15, 0.2) is 0 Å². The third-order valence-corrected chi connectivity index (χ3v) is 3.56. The highest BCUT2D eigenvalue weighted by Gasteiger charge is 2.38. The summed E-state index contributed by atoms with van der Waals surface area (Å²) in [7, 11) is 0. The topological polar surface area (TPSA) is 178 Å². The number of aromatic nitrogens is 2. The Labute approximate surface area is 191 Å². The van der Waals surface area contributed by atoms with E-state index in [4.69, 9.17) is 30.9 Å². The van der Waals surface area contributed by atoms with Gasteiger partial charge in [0.2, 0.25) is 5.96 Å². The summed E-state index contributed by atoms with van der Waals surface area (Å²) in [4.78, 5) is 25.1. The number of benzene rings is 1. The Morgan fingerprint density at radius 2 is 1.51 bits per heavy atom. The van der Waals surface area contributed by atoms with E-state index in [1.807, 2.05) is 42.6 Å². The van der Waals surface area contributed by atoms with E-state index in [-0.39, 0.29) is 5.96 Å². The lowest BCUT2D eigenvalue weighted by Crippen LogP contribution is -2.27. The van der Waals surface area contributed by atoms with Crippen LogP contribution in [0.4, 0.5) is 26.3 Å².